The number of rotatable bonds is 22. The number of carbonyl (C=O) groups is 5. The molecule has 2 bridgehead atoms. The number of Topliss-reactive ketones (excluding diaryl/α,β-unsaturated/α-hetero) is 2. The molecule has 1 saturated carbocycles. The number of aliphatic hydroxyl groups is 3. The number of nitrogens with zero attached hydrogens (tertiary/aromatic N) is 1. The molecule has 20 nitrogen and oxygen atoms in total. The Morgan fingerprint density at radius 1 is 0.750 bits per heavy atom. The van der Waals surface area contributed by atoms with Gasteiger partial charge in [-0.25, -0.2) is 4.79 Å². The van der Waals surface area contributed by atoms with Gasteiger partial charge in [0.25, 0.3) is 11.7 Å². The minimum absolute atomic E-state index is 0.0411. The van der Waals surface area contributed by atoms with Gasteiger partial charge in [0.1, 0.15) is 30.5 Å². The number of aliphatic hydroxyl groups excluding tert-OH is 2. The maximum Gasteiger partial charge on any atom is 0.329 e. The molecule has 0 aromatic carbocycles. The van der Waals surface area contributed by atoms with Gasteiger partial charge < -0.3 is 73.3 Å². The van der Waals surface area contributed by atoms with Crippen molar-refractivity contribution in [2.75, 3.05) is 80.7 Å². The number of fused-ring (bicyclic) bond motifs is 3. The number of esters is 2. The van der Waals surface area contributed by atoms with E-state index >= 15 is 0 Å². The van der Waals surface area contributed by atoms with Gasteiger partial charge in [0.2, 0.25) is 5.79 Å². The maximum absolute atomic E-state index is 14.7. The second kappa shape index (κ2) is 37.8. The summed E-state index contributed by atoms with van der Waals surface area (Å²) in [6, 6.07) is -1.97. The Labute approximate surface area is 500 Å². The Bertz CT molecular complexity index is 2140. The number of ether oxygens (including phenoxy) is 10. The summed E-state index contributed by atoms with van der Waals surface area (Å²) in [5.74, 6) is -8.56. The summed E-state index contributed by atoms with van der Waals surface area (Å²) in [4.78, 5) is 71.7. The van der Waals surface area contributed by atoms with Crippen LogP contribution in [-0.4, -0.2) is 197 Å². The lowest BCUT2D eigenvalue weighted by Crippen LogP contribution is -2.61. The zero-order chi connectivity index (χ0) is 61.9. The summed E-state index contributed by atoms with van der Waals surface area (Å²) in [5.41, 5.74) is 8.34. The Morgan fingerprint density at radius 2 is 1.40 bits per heavy atom. The van der Waals surface area contributed by atoms with Crippen molar-refractivity contribution < 1.29 is 86.7 Å². The first-order valence-corrected chi connectivity index (χ1v) is 31.0. The Balaban J connectivity index is 1.53. The van der Waals surface area contributed by atoms with Crippen LogP contribution in [0.25, 0.3) is 0 Å². The molecule has 4 aliphatic rings. The van der Waals surface area contributed by atoms with Crippen LogP contribution in [0.4, 0.5) is 0 Å². The number of methoxy groups -OCH3 is 3. The quantitative estimate of drug-likeness (QED) is 0.0379. The molecule has 3 heterocycles. The van der Waals surface area contributed by atoms with Crippen LogP contribution >= 0.6 is 0 Å². The average Bonchev–Trinajstić information content (AvgIpc) is 3.47. The van der Waals surface area contributed by atoms with Crippen molar-refractivity contribution in [3.63, 3.8) is 0 Å². The number of hydrogen-bond acceptors (Lipinski definition) is 19. The second-order valence-electron chi connectivity index (χ2n) is 24.0. The van der Waals surface area contributed by atoms with Crippen molar-refractivity contribution in [3.8, 4) is 0 Å². The molecule has 1 aliphatic carbocycles. The predicted octanol–water partition coefficient (Wildman–Crippen LogP) is 6.72. The van der Waals surface area contributed by atoms with Crippen LogP contribution in [0.2, 0.25) is 0 Å². The van der Waals surface area contributed by atoms with E-state index in [1.54, 1.807) is 48.0 Å². The molecule has 4 rings (SSSR count). The van der Waals surface area contributed by atoms with Crippen LogP contribution in [0.3, 0.4) is 0 Å². The van der Waals surface area contributed by atoms with E-state index in [-0.39, 0.29) is 37.2 Å². The summed E-state index contributed by atoms with van der Waals surface area (Å²) in [5, 5.41) is 34.7. The van der Waals surface area contributed by atoms with Crippen LogP contribution < -0.4 is 5.73 Å². The normalized spacial score (nSPS) is 35.2. The van der Waals surface area contributed by atoms with Gasteiger partial charge in [-0.15, -0.1) is 0 Å². The molecule has 20 heteroatoms. The average molecular weight is 1190 g/mol. The molecule has 0 radical (unpaired) electrons. The lowest BCUT2D eigenvalue weighted by Gasteiger charge is -2.43. The molecule has 3 fully saturated rings. The van der Waals surface area contributed by atoms with Crippen LogP contribution in [0.15, 0.2) is 47.6 Å². The van der Waals surface area contributed by atoms with Gasteiger partial charge in [0.05, 0.1) is 70.0 Å². The lowest BCUT2D eigenvalue weighted by molar-refractivity contribution is -0.265. The number of allylic oxidation sites excluding steroid dienone is 5. The van der Waals surface area contributed by atoms with E-state index in [4.69, 9.17) is 53.1 Å². The van der Waals surface area contributed by atoms with E-state index in [1.165, 1.54) is 12.0 Å². The van der Waals surface area contributed by atoms with E-state index in [2.05, 4.69) is 6.92 Å². The number of hydrogen-bond donors (Lipinski definition) is 4. The number of carbonyl (C=O) groups excluding carboxylic acids is 5. The molecular weight excluding hydrogens is 1080 g/mol. The summed E-state index contributed by atoms with van der Waals surface area (Å²) >= 11 is 0. The van der Waals surface area contributed by atoms with Crippen molar-refractivity contribution in [1.82, 2.24) is 4.90 Å². The van der Waals surface area contributed by atoms with Crippen molar-refractivity contribution in [2.45, 2.75) is 212 Å². The molecule has 1 unspecified atom stereocenters. The molecule has 84 heavy (non-hydrogen) atoms. The summed E-state index contributed by atoms with van der Waals surface area (Å²) in [6.07, 6.45) is 10.6. The fourth-order valence-electron chi connectivity index (χ4n) is 11.8. The molecule has 480 valence electrons. The van der Waals surface area contributed by atoms with Crippen LogP contribution in [0, 0.1) is 35.5 Å². The number of piperidine rings is 1. The zero-order valence-electron chi connectivity index (χ0n) is 52.5. The SMILES string of the molecule is CCCOCCOCCOCCOCCC(C)C(=O)O[C@@H]1CC[C@@H](C[C@@H](N)[C@@H]2C[C@@H](OC)[C@H](C)/C=C(\C)[C@@H](O)[C@@H](O)C(=O)[C@H](C)C[C@H](C)/C=C/C=C/C=C(\C)[C@@H](OC)C[C@@H]3CC[C@@H](C)[C@@](O)(O3)C(=O)C(=O)N3CCCC[C@H]3C(=O)O2)C[C@H]1OC. The number of cyclic esters (lactones) is 1. The molecule has 0 aromatic rings. The van der Waals surface area contributed by atoms with Crippen LogP contribution in [0.1, 0.15) is 145 Å². The summed E-state index contributed by atoms with van der Waals surface area (Å²) in [6.45, 7) is 18.5. The zero-order valence-corrected chi connectivity index (χ0v) is 52.5. The molecule has 3 aliphatic heterocycles. The first-order chi connectivity index (χ1) is 40.1. The maximum atomic E-state index is 14.7. The summed E-state index contributed by atoms with van der Waals surface area (Å²) < 4.78 is 58.7. The van der Waals surface area contributed by atoms with Gasteiger partial charge in [0, 0.05) is 77.7 Å². The van der Waals surface area contributed by atoms with Crippen molar-refractivity contribution >= 4 is 29.4 Å². The second-order valence-corrected chi connectivity index (χ2v) is 24.0. The molecule has 17 atom stereocenters. The smallest absolute Gasteiger partial charge is 0.329 e. The third kappa shape index (κ3) is 22.7. The molecule has 5 N–H and O–H groups in total. The van der Waals surface area contributed by atoms with E-state index in [9.17, 15) is 39.3 Å². The van der Waals surface area contributed by atoms with Crippen molar-refractivity contribution in [1.29, 1.82) is 0 Å². The third-order valence-electron chi connectivity index (χ3n) is 17.3. The highest BCUT2D eigenvalue weighted by molar-refractivity contribution is 6.39. The molecule has 0 aromatic heterocycles. The van der Waals surface area contributed by atoms with E-state index < -0.39 is 114 Å². The van der Waals surface area contributed by atoms with Gasteiger partial charge in [-0.05, 0) is 114 Å². The standard InChI is InChI=1S/C64H106N2O18/c1-12-27-78-29-31-80-33-34-81-32-30-79-28-25-43(4)62(72)82-52-24-22-48(38-56(52)77-11)37-50(65)55-40-54(76-10)44(5)36-46(7)58(68)59(69)57(67)45(6)35-41(2)18-14-13-15-19-42(3)53(75-9)39-49-23-21-47(8)64(74,84-49)60(70)61(71)66-26-17-16-20-51(66)63(73)83-55/h13-15,18-19,36,41,43-45,47-56,58-59,68-69,74H,12,16-17,20-35,37-40,65H2,1-11H3/b15-13+,18-14+,42-19+,46-36+/t41-,43?,44-,45-,47-,48+,49+,50-,51+,52-,53+,54-,55+,56-,58-,59+,64-/m1/s1. The first-order valence-electron chi connectivity index (χ1n) is 31.0. The summed E-state index contributed by atoms with van der Waals surface area (Å²) in [7, 11) is 4.65. The van der Waals surface area contributed by atoms with Crippen LogP contribution in [-0.2, 0) is 71.3 Å². The van der Waals surface area contributed by atoms with Crippen LogP contribution in [0.5, 0.6) is 0 Å². The largest absolute Gasteiger partial charge is 0.459 e. The Morgan fingerprint density at radius 3 is 2.05 bits per heavy atom. The highest BCUT2D eigenvalue weighted by Crippen LogP contribution is 2.38. The minimum Gasteiger partial charge on any atom is -0.459 e. The molecule has 1 amide bonds. The molecule has 2 saturated heterocycles. The molecular formula is C64H106N2O18. The topological polar surface area (TPSA) is 268 Å². The van der Waals surface area contributed by atoms with Gasteiger partial charge in [-0.3, -0.25) is 19.2 Å². The number of nitrogens with two attached hydrogens (primary N) is 1. The van der Waals surface area contributed by atoms with Crippen molar-refractivity contribution in [3.05, 3.63) is 47.6 Å². The van der Waals surface area contributed by atoms with Crippen molar-refractivity contribution in [2.24, 2.45) is 41.2 Å². The number of amides is 1. The third-order valence-corrected chi connectivity index (χ3v) is 17.3. The van der Waals surface area contributed by atoms with E-state index in [0.717, 1.165) is 18.6 Å². The first kappa shape index (κ1) is 72.7. The van der Waals surface area contributed by atoms with Gasteiger partial charge >= 0.3 is 11.9 Å². The van der Waals surface area contributed by atoms with E-state index in [0.29, 0.717) is 122 Å². The van der Waals surface area contributed by atoms with Gasteiger partial charge in [-0.2, -0.15) is 0 Å². The Kier molecular flexibility index (Phi) is 32.7. The van der Waals surface area contributed by atoms with Gasteiger partial charge in [-0.1, -0.05) is 78.0 Å². The molecule has 0 spiro atoms. The Hall–Kier alpha value is -3.77. The highest BCUT2D eigenvalue weighted by atomic mass is 16.6. The van der Waals surface area contributed by atoms with E-state index in [1.807, 2.05) is 51.2 Å². The van der Waals surface area contributed by atoms with Gasteiger partial charge in [0.15, 0.2) is 5.78 Å². The minimum atomic E-state index is -2.46. The predicted molar refractivity (Wildman–Crippen MR) is 316 cm³/mol. The highest BCUT2D eigenvalue weighted by Gasteiger charge is 2.53. The number of ketones is 2. The monoisotopic (exact) mass is 1190 g/mol. The fourth-order valence-corrected chi connectivity index (χ4v) is 11.8. The fraction of sp³-hybridized carbons (Fsp3) is 0.797. The lowest BCUT2D eigenvalue weighted by atomic mass is 9.80.